The van der Waals surface area contributed by atoms with Crippen LogP contribution in [0.2, 0.25) is 0 Å². The summed E-state index contributed by atoms with van der Waals surface area (Å²) in [6.07, 6.45) is 0.344. The highest BCUT2D eigenvalue weighted by Gasteiger charge is 2.17. The average Bonchev–Trinajstić information content (AvgIpc) is 2.75. The van der Waals surface area contributed by atoms with Crippen LogP contribution in [0, 0.1) is 5.82 Å². The quantitative estimate of drug-likeness (QED) is 0.434. The second-order valence-electron chi connectivity index (χ2n) is 6.62. The van der Waals surface area contributed by atoms with Crippen molar-refractivity contribution in [1.82, 2.24) is 0 Å². The first kappa shape index (κ1) is 20.3. The molecule has 0 aliphatic carbocycles. The normalized spacial score (nSPS) is 10.5. The number of esters is 1. The molecule has 4 nitrogen and oxygen atoms in total. The maximum Gasteiger partial charge on any atom is 0.337 e. The molecule has 0 bridgehead atoms. The van der Waals surface area contributed by atoms with Crippen LogP contribution in [0.4, 0.5) is 4.39 Å². The highest BCUT2D eigenvalue weighted by Crippen LogP contribution is 2.35. The van der Waals surface area contributed by atoms with Gasteiger partial charge in [0.05, 0.1) is 25.3 Å². The molecular formula is C24H21FO4. The van der Waals surface area contributed by atoms with Crippen molar-refractivity contribution in [3.05, 3.63) is 88.7 Å². The first-order chi connectivity index (χ1) is 13.9. The summed E-state index contributed by atoms with van der Waals surface area (Å²) in [5.74, 6) is -0.511. The van der Waals surface area contributed by atoms with Gasteiger partial charge in [0.2, 0.25) is 0 Å². The van der Waals surface area contributed by atoms with E-state index in [1.165, 1.54) is 21.1 Å². The highest BCUT2D eigenvalue weighted by molar-refractivity contribution is 5.95. The zero-order valence-corrected chi connectivity index (χ0v) is 16.5. The standard InChI is InChI=1S/C24H21FO4/c1-15(26)18-5-4-6-19(14-18)22-21(28-2)12-11-20(23(22)25)13-16-7-9-17(10-8-16)24(27)29-3/h4-12,14H,13H2,1-3H3. The van der Waals surface area contributed by atoms with Gasteiger partial charge >= 0.3 is 5.97 Å². The number of carbonyl (C=O) groups is 2. The maximum atomic E-state index is 15.4. The topological polar surface area (TPSA) is 52.6 Å². The van der Waals surface area contributed by atoms with Crippen molar-refractivity contribution in [1.29, 1.82) is 0 Å². The molecule has 3 aromatic rings. The molecule has 0 saturated heterocycles. The Labute approximate surface area is 168 Å². The van der Waals surface area contributed by atoms with Crippen molar-refractivity contribution in [2.24, 2.45) is 0 Å². The summed E-state index contributed by atoms with van der Waals surface area (Å²) >= 11 is 0. The summed E-state index contributed by atoms with van der Waals surface area (Å²) in [4.78, 5) is 23.3. The summed E-state index contributed by atoms with van der Waals surface area (Å²) in [6, 6.07) is 17.1. The lowest BCUT2D eigenvalue weighted by Crippen LogP contribution is -2.02. The molecule has 0 amide bonds. The third-order valence-corrected chi connectivity index (χ3v) is 4.73. The van der Waals surface area contributed by atoms with E-state index >= 15 is 4.39 Å². The number of ether oxygens (including phenoxy) is 2. The zero-order chi connectivity index (χ0) is 21.0. The van der Waals surface area contributed by atoms with E-state index in [9.17, 15) is 9.59 Å². The Hall–Kier alpha value is -3.47. The van der Waals surface area contributed by atoms with Crippen molar-refractivity contribution in [2.45, 2.75) is 13.3 Å². The van der Waals surface area contributed by atoms with E-state index in [4.69, 9.17) is 9.47 Å². The smallest absolute Gasteiger partial charge is 0.337 e. The lowest BCUT2D eigenvalue weighted by atomic mass is 9.95. The van der Waals surface area contributed by atoms with Crippen molar-refractivity contribution in [3.63, 3.8) is 0 Å². The van der Waals surface area contributed by atoms with Crippen LogP contribution in [-0.4, -0.2) is 26.0 Å². The summed E-state index contributed by atoms with van der Waals surface area (Å²) < 4.78 is 25.5. The van der Waals surface area contributed by atoms with E-state index in [2.05, 4.69) is 0 Å². The van der Waals surface area contributed by atoms with Gasteiger partial charge in [0.15, 0.2) is 5.78 Å². The second kappa shape index (κ2) is 8.69. The molecule has 0 spiro atoms. The lowest BCUT2D eigenvalue weighted by molar-refractivity contribution is 0.0600. The molecule has 3 aromatic carbocycles. The van der Waals surface area contributed by atoms with Gasteiger partial charge in [-0.2, -0.15) is 0 Å². The molecule has 0 fully saturated rings. The Morgan fingerprint density at radius 1 is 0.931 bits per heavy atom. The number of Topliss-reactive ketones (excluding diaryl/α,β-unsaturated/α-hetero) is 1. The van der Waals surface area contributed by atoms with E-state index in [0.29, 0.717) is 40.0 Å². The molecule has 0 heterocycles. The minimum Gasteiger partial charge on any atom is -0.496 e. The average molecular weight is 392 g/mol. The van der Waals surface area contributed by atoms with Crippen LogP contribution in [0.1, 0.15) is 38.8 Å². The molecule has 148 valence electrons. The molecule has 0 unspecified atom stereocenters. The first-order valence-electron chi connectivity index (χ1n) is 9.08. The van der Waals surface area contributed by atoms with Gasteiger partial charge in [-0.25, -0.2) is 9.18 Å². The minimum absolute atomic E-state index is 0.0897. The van der Waals surface area contributed by atoms with Gasteiger partial charge in [-0.1, -0.05) is 36.4 Å². The number of ketones is 1. The van der Waals surface area contributed by atoms with Crippen molar-refractivity contribution < 1.29 is 23.5 Å². The molecule has 0 N–H and O–H groups in total. The number of methoxy groups -OCH3 is 2. The van der Waals surface area contributed by atoms with Gasteiger partial charge in [0, 0.05) is 12.0 Å². The van der Waals surface area contributed by atoms with E-state index in [-0.39, 0.29) is 5.78 Å². The lowest BCUT2D eigenvalue weighted by Gasteiger charge is -2.14. The van der Waals surface area contributed by atoms with Crippen LogP contribution >= 0.6 is 0 Å². The van der Waals surface area contributed by atoms with Crippen LogP contribution < -0.4 is 4.74 Å². The fourth-order valence-electron chi connectivity index (χ4n) is 3.17. The van der Waals surface area contributed by atoms with E-state index < -0.39 is 11.8 Å². The van der Waals surface area contributed by atoms with Gasteiger partial charge in [0.25, 0.3) is 0 Å². The van der Waals surface area contributed by atoms with Crippen LogP contribution in [-0.2, 0) is 11.2 Å². The van der Waals surface area contributed by atoms with E-state index in [1.54, 1.807) is 60.7 Å². The molecule has 0 saturated carbocycles. The van der Waals surface area contributed by atoms with Gasteiger partial charge in [-0.05, 0) is 47.9 Å². The number of hydrogen-bond donors (Lipinski definition) is 0. The Morgan fingerprint density at radius 3 is 2.28 bits per heavy atom. The van der Waals surface area contributed by atoms with Gasteiger partial charge in [-0.15, -0.1) is 0 Å². The predicted molar refractivity (Wildman–Crippen MR) is 109 cm³/mol. The van der Waals surface area contributed by atoms with Crippen LogP contribution in [0.15, 0.2) is 60.7 Å². The molecule has 0 aliphatic heterocycles. The summed E-state index contributed by atoms with van der Waals surface area (Å²) in [7, 11) is 2.81. The fourth-order valence-corrected chi connectivity index (χ4v) is 3.17. The van der Waals surface area contributed by atoms with E-state index in [0.717, 1.165) is 5.56 Å². The van der Waals surface area contributed by atoms with Crippen LogP contribution in [0.3, 0.4) is 0 Å². The number of halogens is 1. The van der Waals surface area contributed by atoms with Crippen LogP contribution in [0.25, 0.3) is 11.1 Å². The molecule has 0 aliphatic rings. The van der Waals surface area contributed by atoms with Crippen molar-refractivity contribution >= 4 is 11.8 Å². The molecular weight excluding hydrogens is 371 g/mol. The first-order valence-corrected chi connectivity index (χ1v) is 9.08. The minimum atomic E-state index is -0.417. The summed E-state index contributed by atoms with van der Waals surface area (Å²) in [5, 5.41) is 0. The summed E-state index contributed by atoms with van der Waals surface area (Å²) in [5.41, 5.74) is 3.18. The number of carbonyl (C=O) groups excluding carboxylic acids is 2. The molecule has 29 heavy (non-hydrogen) atoms. The second-order valence-corrected chi connectivity index (χ2v) is 6.62. The highest BCUT2D eigenvalue weighted by atomic mass is 19.1. The monoisotopic (exact) mass is 392 g/mol. The molecule has 0 atom stereocenters. The Kier molecular flexibility index (Phi) is 6.07. The molecule has 0 aromatic heterocycles. The number of rotatable bonds is 6. The fraction of sp³-hybridized carbons (Fsp3) is 0.167. The van der Waals surface area contributed by atoms with Gasteiger partial charge in [-0.3, -0.25) is 4.79 Å². The molecule has 5 heteroatoms. The summed E-state index contributed by atoms with van der Waals surface area (Å²) in [6.45, 7) is 1.47. The van der Waals surface area contributed by atoms with E-state index in [1.807, 2.05) is 0 Å². The van der Waals surface area contributed by atoms with Gasteiger partial charge < -0.3 is 9.47 Å². The third kappa shape index (κ3) is 4.35. The largest absolute Gasteiger partial charge is 0.496 e. The predicted octanol–water partition coefficient (Wildman–Crippen LogP) is 5.08. The number of hydrogen-bond acceptors (Lipinski definition) is 4. The molecule has 3 rings (SSSR count). The maximum absolute atomic E-state index is 15.4. The van der Waals surface area contributed by atoms with Crippen LogP contribution in [0.5, 0.6) is 5.75 Å². The van der Waals surface area contributed by atoms with Crippen molar-refractivity contribution in [3.8, 4) is 16.9 Å². The Bertz CT molecular complexity index is 1050. The van der Waals surface area contributed by atoms with Gasteiger partial charge in [0.1, 0.15) is 11.6 Å². The molecule has 0 radical (unpaired) electrons. The number of benzene rings is 3. The third-order valence-electron chi connectivity index (χ3n) is 4.73. The Morgan fingerprint density at radius 2 is 1.66 bits per heavy atom. The zero-order valence-electron chi connectivity index (χ0n) is 16.5. The van der Waals surface area contributed by atoms with Crippen molar-refractivity contribution in [2.75, 3.05) is 14.2 Å². The Balaban J connectivity index is 2.00. The SMILES string of the molecule is COC(=O)c1ccc(Cc2ccc(OC)c(-c3cccc(C(C)=O)c3)c2F)cc1.